The number of hydrogen-bond donors (Lipinski definition) is 1. The largest absolute Gasteiger partial charge is 0.492 e. The Labute approximate surface area is 179 Å². The number of ether oxygens (including phenoxy) is 1. The molecule has 0 aliphatic carbocycles. The fourth-order valence-electron chi connectivity index (χ4n) is 3.32. The summed E-state index contributed by atoms with van der Waals surface area (Å²) in [5.41, 5.74) is 0.974. The SMILES string of the molecule is CC(C)COc1ccccc1C(=O)Nc1ccc(S(=O)(=O)N2CCC(C)CC2)cc1. The van der Waals surface area contributed by atoms with Gasteiger partial charge >= 0.3 is 0 Å². The Morgan fingerprint density at radius 3 is 2.37 bits per heavy atom. The van der Waals surface area contributed by atoms with E-state index in [0.29, 0.717) is 48.5 Å². The van der Waals surface area contributed by atoms with E-state index in [9.17, 15) is 13.2 Å². The first-order valence-corrected chi connectivity index (χ1v) is 11.8. The van der Waals surface area contributed by atoms with Crippen molar-refractivity contribution in [2.24, 2.45) is 11.8 Å². The summed E-state index contributed by atoms with van der Waals surface area (Å²) in [4.78, 5) is 13.0. The highest BCUT2D eigenvalue weighted by Crippen LogP contribution is 2.25. The fourth-order valence-corrected chi connectivity index (χ4v) is 4.79. The summed E-state index contributed by atoms with van der Waals surface area (Å²) < 4.78 is 33.0. The molecule has 1 aliphatic rings. The fraction of sp³-hybridized carbons (Fsp3) is 0.435. The van der Waals surface area contributed by atoms with E-state index in [1.165, 1.54) is 0 Å². The van der Waals surface area contributed by atoms with Gasteiger partial charge in [-0.2, -0.15) is 4.31 Å². The molecule has 0 aromatic heterocycles. The molecule has 1 N–H and O–H groups in total. The molecule has 1 aliphatic heterocycles. The van der Waals surface area contributed by atoms with Crippen LogP contribution in [0.15, 0.2) is 53.4 Å². The highest BCUT2D eigenvalue weighted by atomic mass is 32.2. The molecule has 1 fully saturated rings. The normalized spacial score (nSPS) is 15.9. The van der Waals surface area contributed by atoms with Gasteiger partial charge in [-0.1, -0.05) is 32.9 Å². The number of carbonyl (C=O) groups excluding carboxylic acids is 1. The highest BCUT2D eigenvalue weighted by Gasteiger charge is 2.28. The molecule has 0 saturated carbocycles. The Morgan fingerprint density at radius 2 is 1.73 bits per heavy atom. The van der Waals surface area contributed by atoms with Gasteiger partial charge in [-0.05, 0) is 61.1 Å². The first-order valence-electron chi connectivity index (χ1n) is 10.4. The number of piperidine rings is 1. The summed E-state index contributed by atoms with van der Waals surface area (Å²) in [5.74, 6) is 1.14. The van der Waals surface area contributed by atoms with E-state index < -0.39 is 10.0 Å². The lowest BCUT2D eigenvalue weighted by Crippen LogP contribution is -2.37. The van der Waals surface area contributed by atoms with Crippen molar-refractivity contribution in [1.82, 2.24) is 4.31 Å². The molecule has 30 heavy (non-hydrogen) atoms. The predicted octanol–water partition coefficient (Wildman–Crippen LogP) is 4.39. The van der Waals surface area contributed by atoms with Gasteiger partial charge in [0.1, 0.15) is 5.75 Å². The topological polar surface area (TPSA) is 75.7 Å². The maximum absolute atomic E-state index is 12.8. The zero-order valence-electron chi connectivity index (χ0n) is 17.8. The number of nitrogens with one attached hydrogen (secondary N) is 1. The lowest BCUT2D eigenvalue weighted by molar-refractivity contribution is 0.102. The zero-order valence-corrected chi connectivity index (χ0v) is 18.6. The van der Waals surface area contributed by atoms with Crippen molar-refractivity contribution in [3.8, 4) is 5.75 Å². The molecule has 0 radical (unpaired) electrons. The zero-order chi connectivity index (χ0) is 21.7. The first-order chi connectivity index (χ1) is 14.3. The molecule has 0 atom stereocenters. The Bertz CT molecular complexity index is 963. The summed E-state index contributed by atoms with van der Waals surface area (Å²) in [7, 11) is -3.50. The summed E-state index contributed by atoms with van der Waals surface area (Å²) in [6.45, 7) is 7.86. The van der Waals surface area contributed by atoms with Crippen molar-refractivity contribution in [3.63, 3.8) is 0 Å². The van der Waals surface area contributed by atoms with Crippen LogP contribution in [0, 0.1) is 11.8 Å². The van der Waals surface area contributed by atoms with Crippen molar-refractivity contribution >= 4 is 21.6 Å². The van der Waals surface area contributed by atoms with Crippen LogP contribution in [0.25, 0.3) is 0 Å². The predicted molar refractivity (Wildman–Crippen MR) is 118 cm³/mol. The minimum Gasteiger partial charge on any atom is -0.492 e. The van der Waals surface area contributed by atoms with Crippen LogP contribution in [-0.4, -0.2) is 38.3 Å². The van der Waals surface area contributed by atoms with Gasteiger partial charge in [-0.25, -0.2) is 8.42 Å². The average Bonchev–Trinajstić information content (AvgIpc) is 2.73. The molecule has 0 bridgehead atoms. The van der Waals surface area contributed by atoms with Crippen LogP contribution in [-0.2, 0) is 10.0 Å². The molecule has 7 heteroatoms. The molecule has 2 aromatic rings. The van der Waals surface area contributed by atoms with Crippen molar-refractivity contribution in [2.75, 3.05) is 25.0 Å². The Kier molecular flexibility index (Phi) is 7.15. The number of benzene rings is 2. The third-order valence-electron chi connectivity index (χ3n) is 5.20. The van der Waals surface area contributed by atoms with Gasteiger partial charge in [0, 0.05) is 18.8 Å². The second kappa shape index (κ2) is 9.62. The number of anilines is 1. The van der Waals surface area contributed by atoms with E-state index in [1.807, 2.05) is 19.9 Å². The summed E-state index contributed by atoms with van der Waals surface area (Å²) in [6.07, 6.45) is 1.76. The van der Waals surface area contributed by atoms with Crippen LogP contribution in [0.3, 0.4) is 0 Å². The highest BCUT2D eigenvalue weighted by molar-refractivity contribution is 7.89. The number of rotatable bonds is 7. The third kappa shape index (κ3) is 5.40. The van der Waals surface area contributed by atoms with Gasteiger partial charge in [0.25, 0.3) is 5.91 Å². The summed E-state index contributed by atoms with van der Waals surface area (Å²) in [6, 6.07) is 13.4. The van der Waals surface area contributed by atoms with Crippen molar-refractivity contribution in [2.45, 2.75) is 38.5 Å². The van der Waals surface area contributed by atoms with Crippen LogP contribution in [0.2, 0.25) is 0 Å². The van der Waals surface area contributed by atoms with Crippen LogP contribution in [0.5, 0.6) is 5.75 Å². The lowest BCUT2D eigenvalue weighted by Gasteiger charge is -2.29. The Morgan fingerprint density at radius 1 is 1.10 bits per heavy atom. The quantitative estimate of drug-likeness (QED) is 0.707. The van der Waals surface area contributed by atoms with Gasteiger partial charge in [-0.3, -0.25) is 4.79 Å². The summed E-state index contributed by atoms with van der Waals surface area (Å²) in [5, 5.41) is 2.82. The van der Waals surface area contributed by atoms with Crippen LogP contribution in [0.4, 0.5) is 5.69 Å². The maximum Gasteiger partial charge on any atom is 0.259 e. The van der Waals surface area contributed by atoms with Gasteiger partial charge in [0.05, 0.1) is 17.1 Å². The van der Waals surface area contributed by atoms with Gasteiger partial charge < -0.3 is 10.1 Å². The van der Waals surface area contributed by atoms with Gasteiger partial charge in [-0.15, -0.1) is 0 Å². The van der Waals surface area contributed by atoms with Crippen LogP contribution in [0.1, 0.15) is 44.0 Å². The maximum atomic E-state index is 12.8. The number of carbonyl (C=O) groups is 1. The van der Waals surface area contributed by atoms with E-state index in [2.05, 4.69) is 12.2 Å². The second-order valence-electron chi connectivity index (χ2n) is 8.27. The van der Waals surface area contributed by atoms with E-state index in [-0.39, 0.29) is 10.8 Å². The van der Waals surface area contributed by atoms with E-state index in [1.54, 1.807) is 46.8 Å². The number of amides is 1. The molecule has 162 valence electrons. The van der Waals surface area contributed by atoms with E-state index in [0.717, 1.165) is 12.8 Å². The number of sulfonamides is 1. The number of hydrogen-bond acceptors (Lipinski definition) is 4. The Hall–Kier alpha value is -2.38. The minimum atomic E-state index is -3.50. The van der Waals surface area contributed by atoms with Crippen molar-refractivity contribution < 1.29 is 17.9 Å². The van der Waals surface area contributed by atoms with Crippen LogP contribution < -0.4 is 10.1 Å². The lowest BCUT2D eigenvalue weighted by atomic mass is 10.0. The van der Waals surface area contributed by atoms with Gasteiger partial charge in [0.15, 0.2) is 0 Å². The standard InChI is InChI=1S/C23H30N2O4S/c1-17(2)16-29-22-7-5-4-6-21(22)23(26)24-19-8-10-20(11-9-19)30(27,28)25-14-12-18(3)13-15-25/h4-11,17-18H,12-16H2,1-3H3,(H,24,26). The van der Waals surface area contributed by atoms with Crippen LogP contribution >= 0.6 is 0 Å². The van der Waals surface area contributed by atoms with Crippen molar-refractivity contribution in [1.29, 1.82) is 0 Å². The minimum absolute atomic E-state index is 0.246. The third-order valence-corrected chi connectivity index (χ3v) is 7.11. The van der Waals surface area contributed by atoms with Gasteiger partial charge in [0.2, 0.25) is 10.0 Å². The molecular formula is C23H30N2O4S. The monoisotopic (exact) mass is 430 g/mol. The molecule has 3 rings (SSSR count). The smallest absolute Gasteiger partial charge is 0.259 e. The van der Waals surface area contributed by atoms with Crippen molar-refractivity contribution in [3.05, 3.63) is 54.1 Å². The molecule has 1 amide bonds. The first kappa shape index (κ1) is 22.3. The number of para-hydroxylation sites is 1. The molecule has 2 aromatic carbocycles. The molecule has 6 nitrogen and oxygen atoms in total. The summed E-state index contributed by atoms with van der Waals surface area (Å²) >= 11 is 0. The van der Waals surface area contributed by atoms with E-state index in [4.69, 9.17) is 4.74 Å². The second-order valence-corrected chi connectivity index (χ2v) is 10.2. The van der Waals surface area contributed by atoms with E-state index >= 15 is 0 Å². The molecule has 0 spiro atoms. The molecule has 1 heterocycles. The molecule has 0 unspecified atom stereocenters. The molecule has 1 saturated heterocycles. The Balaban J connectivity index is 1.70. The number of nitrogens with zero attached hydrogens (tertiary/aromatic N) is 1. The average molecular weight is 431 g/mol. The molecular weight excluding hydrogens is 400 g/mol.